The molecule has 0 bridgehead atoms. The third-order valence-electron chi connectivity index (χ3n) is 7.77. The van der Waals surface area contributed by atoms with Gasteiger partial charge in [0.1, 0.15) is 0 Å². The fraction of sp³-hybridized carbons (Fsp3) is 0. The predicted octanol–water partition coefficient (Wildman–Crippen LogP) is 9.03. The van der Waals surface area contributed by atoms with Crippen LogP contribution in [0.15, 0.2) is 152 Å². The van der Waals surface area contributed by atoms with Gasteiger partial charge < -0.3 is 4.57 Å². The van der Waals surface area contributed by atoms with E-state index in [0.717, 1.165) is 39.0 Å². The lowest BCUT2D eigenvalue weighted by atomic mass is 9.98. The average Bonchev–Trinajstić information content (AvgIpc) is 3.50. The van der Waals surface area contributed by atoms with E-state index in [-0.39, 0.29) is 0 Å². The molecule has 0 aliphatic heterocycles. The Hall–Kier alpha value is -5.94. The predicted molar refractivity (Wildman–Crippen MR) is 174 cm³/mol. The van der Waals surface area contributed by atoms with Crippen molar-refractivity contribution in [1.29, 1.82) is 0 Å². The van der Waals surface area contributed by atoms with E-state index in [1.54, 1.807) is 12.4 Å². The number of hydrogen-bond acceptors (Lipinski definition) is 4. The molecule has 0 aliphatic rings. The van der Waals surface area contributed by atoms with Crippen LogP contribution in [0.3, 0.4) is 0 Å². The van der Waals surface area contributed by atoms with Crippen molar-refractivity contribution in [3.05, 3.63) is 152 Å². The summed E-state index contributed by atoms with van der Waals surface area (Å²) < 4.78 is 2.28. The third-order valence-corrected chi connectivity index (χ3v) is 7.77. The van der Waals surface area contributed by atoms with E-state index < -0.39 is 0 Å². The number of pyridine rings is 1. The molecule has 0 N–H and O–H groups in total. The maximum absolute atomic E-state index is 4.96. The fourth-order valence-corrected chi connectivity index (χ4v) is 5.71. The number of aromatic nitrogens is 5. The molecule has 0 aliphatic carbocycles. The van der Waals surface area contributed by atoms with Crippen LogP contribution in [0, 0.1) is 0 Å². The molecule has 3 heterocycles. The van der Waals surface area contributed by atoms with Gasteiger partial charge in [0.05, 0.1) is 5.52 Å². The summed E-state index contributed by atoms with van der Waals surface area (Å²) in [6.45, 7) is 0. The van der Waals surface area contributed by atoms with Gasteiger partial charge in [-0.15, -0.1) is 0 Å². The lowest BCUT2D eigenvalue weighted by molar-refractivity contribution is 1.07. The molecule has 43 heavy (non-hydrogen) atoms. The fourth-order valence-electron chi connectivity index (χ4n) is 5.71. The lowest BCUT2D eigenvalue weighted by Gasteiger charge is -2.09. The zero-order chi connectivity index (χ0) is 28.6. The van der Waals surface area contributed by atoms with Crippen molar-refractivity contribution >= 4 is 21.7 Å². The van der Waals surface area contributed by atoms with Crippen LogP contribution in [-0.4, -0.2) is 24.5 Å². The van der Waals surface area contributed by atoms with E-state index in [0.29, 0.717) is 17.5 Å². The van der Waals surface area contributed by atoms with Gasteiger partial charge in [-0.3, -0.25) is 4.98 Å². The van der Waals surface area contributed by atoms with Gasteiger partial charge in [0, 0.05) is 51.9 Å². The van der Waals surface area contributed by atoms with Gasteiger partial charge in [0.2, 0.25) is 0 Å². The molecular formula is C38H25N5. The van der Waals surface area contributed by atoms with E-state index in [2.05, 4.69) is 101 Å². The largest absolute Gasteiger partial charge is 0.316 e. The molecule has 3 aromatic heterocycles. The van der Waals surface area contributed by atoms with Crippen molar-refractivity contribution < 1.29 is 0 Å². The Kier molecular flexibility index (Phi) is 6.05. The van der Waals surface area contributed by atoms with Gasteiger partial charge in [-0.05, 0) is 52.7 Å². The average molecular weight is 552 g/mol. The monoisotopic (exact) mass is 551 g/mol. The Morgan fingerprint density at radius 1 is 0.465 bits per heavy atom. The highest BCUT2D eigenvalue weighted by molar-refractivity contribution is 6.14. The first-order chi connectivity index (χ1) is 21.3. The van der Waals surface area contributed by atoms with E-state index in [1.165, 1.54) is 16.2 Å². The summed E-state index contributed by atoms with van der Waals surface area (Å²) in [6, 6.07) is 45.9. The highest BCUT2D eigenvalue weighted by atomic mass is 15.0. The van der Waals surface area contributed by atoms with Crippen molar-refractivity contribution in [2.24, 2.45) is 0 Å². The van der Waals surface area contributed by atoms with Crippen molar-refractivity contribution in [3.63, 3.8) is 0 Å². The minimum Gasteiger partial charge on any atom is -0.316 e. The summed E-state index contributed by atoms with van der Waals surface area (Å²) >= 11 is 0. The SMILES string of the molecule is c1ccc(-c2nc(-c3ccncc3)nc(-c3cccc(-c4cn(-c5ccccc5)c5ccc6ccccc6c45)c3)n2)cc1. The first-order valence-electron chi connectivity index (χ1n) is 14.2. The van der Waals surface area contributed by atoms with Crippen LogP contribution in [0.2, 0.25) is 0 Å². The van der Waals surface area contributed by atoms with Crippen LogP contribution in [0.25, 0.3) is 72.7 Å². The van der Waals surface area contributed by atoms with Crippen LogP contribution in [0.1, 0.15) is 0 Å². The number of nitrogens with zero attached hydrogens (tertiary/aromatic N) is 5. The molecule has 8 aromatic rings. The van der Waals surface area contributed by atoms with Gasteiger partial charge in [0.15, 0.2) is 17.5 Å². The molecule has 0 saturated carbocycles. The Labute approximate surface area is 248 Å². The molecule has 0 radical (unpaired) electrons. The number of benzene rings is 5. The van der Waals surface area contributed by atoms with E-state index >= 15 is 0 Å². The second-order valence-electron chi connectivity index (χ2n) is 10.4. The maximum Gasteiger partial charge on any atom is 0.164 e. The maximum atomic E-state index is 4.96. The molecule has 0 spiro atoms. The minimum absolute atomic E-state index is 0.614. The van der Waals surface area contributed by atoms with E-state index in [9.17, 15) is 0 Å². The van der Waals surface area contributed by atoms with Crippen LogP contribution in [-0.2, 0) is 0 Å². The summed E-state index contributed by atoms with van der Waals surface area (Å²) in [6.07, 6.45) is 5.76. The van der Waals surface area contributed by atoms with Crippen LogP contribution >= 0.6 is 0 Å². The molecule has 5 nitrogen and oxygen atoms in total. The second kappa shape index (κ2) is 10.5. The highest BCUT2D eigenvalue weighted by Gasteiger charge is 2.17. The smallest absolute Gasteiger partial charge is 0.164 e. The Morgan fingerprint density at radius 3 is 1.84 bits per heavy atom. The molecule has 0 unspecified atom stereocenters. The highest BCUT2D eigenvalue weighted by Crippen LogP contribution is 2.38. The van der Waals surface area contributed by atoms with Gasteiger partial charge in [-0.25, -0.2) is 15.0 Å². The lowest BCUT2D eigenvalue weighted by Crippen LogP contribution is -2.00. The van der Waals surface area contributed by atoms with Gasteiger partial charge in [-0.2, -0.15) is 0 Å². The molecule has 5 heteroatoms. The number of hydrogen-bond donors (Lipinski definition) is 0. The van der Waals surface area contributed by atoms with Crippen molar-refractivity contribution in [2.45, 2.75) is 0 Å². The van der Waals surface area contributed by atoms with Crippen LogP contribution in [0.4, 0.5) is 0 Å². The van der Waals surface area contributed by atoms with Gasteiger partial charge in [0.25, 0.3) is 0 Å². The molecule has 0 saturated heterocycles. The van der Waals surface area contributed by atoms with Gasteiger partial charge >= 0.3 is 0 Å². The molecule has 5 aromatic carbocycles. The van der Waals surface area contributed by atoms with Crippen molar-refractivity contribution in [3.8, 4) is 51.0 Å². The Morgan fingerprint density at radius 2 is 1.07 bits per heavy atom. The summed E-state index contributed by atoms with van der Waals surface area (Å²) in [5.74, 6) is 1.87. The molecule has 202 valence electrons. The first kappa shape index (κ1) is 24.8. The molecule has 8 rings (SSSR count). The number of rotatable bonds is 5. The minimum atomic E-state index is 0.614. The van der Waals surface area contributed by atoms with Crippen LogP contribution in [0.5, 0.6) is 0 Å². The zero-order valence-electron chi connectivity index (χ0n) is 23.2. The summed E-state index contributed by atoms with van der Waals surface area (Å²) in [5.41, 5.74) is 7.30. The number of fused-ring (bicyclic) bond motifs is 3. The standard InChI is InChI=1S/C38H25N5/c1-3-11-27(12-4-1)36-40-37(28-20-22-39-23-21-28)42-38(41-36)30-14-9-13-29(24-30)33-25-43(31-15-5-2-6-16-31)34-19-18-26-10-7-8-17-32(26)35(33)34/h1-25H. The molecule has 0 atom stereocenters. The zero-order valence-corrected chi connectivity index (χ0v) is 23.2. The molecular weight excluding hydrogens is 526 g/mol. The number of para-hydroxylation sites is 1. The molecule has 0 fully saturated rings. The van der Waals surface area contributed by atoms with Gasteiger partial charge in [-0.1, -0.05) is 97.1 Å². The normalized spacial score (nSPS) is 11.3. The van der Waals surface area contributed by atoms with Crippen LogP contribution < -0.4 is 0 Å². The van der Waals surface area contributed by atoms with Crippen molar-refractivity contribution in [1.82, 2.24) is 24.5 Å². The summed E-state index contributed by atoms with van der Waals surface area (Å²) in [4.78, 5) is 18.9. The topological polar surface area (TPSA) is 56.5 Å². The Balaban J connectivity index is 1.34. The first-order valence-corrected chi connectivity index (χ1v) is 14.2. The Bertz CT molecular complexity index is 2170. The summed E-state index contributed by atoms with van der Waals surface area (Å²) in [5, 5.41) is 3.66. The quantitative estimate of drug-likeness (QED) is 0.214. The summed E-state index contributed by atoms with van der Waals surface area (Å²) in [7, 11) is 0. The third kappa shape index (κ3) is 4.53. The second-order valence-corrected chi connectivity index (χ2v) is 10.4. The van der Waals surface area contributed by atoms with E-state index in [4.69, 9.17) is 15.0 Å². The molecule has 0 amide bonds. The van der Waals surface area contributed by atoms with Crippen molar-refractivity contribution in [2.75, 3.05) is 0 Å². The van der Waals surface area contributed by atoms with E-state index in [1.807, 2.05) is 48.5 Å².